The van der Waals surface area contributed by atoms with Crippen molar-refractivity contribution < 1.29 is 5.11 Å². The molecule has 1 aliphatic carbocycles. The van der Waals surface area contributed by atoms with Gasteiger partial charge in [-0.05, 0) is 54.0 Å². The zero-order valence-corrected chi connectivity index (χ0v) is 14.0. The second-order valence-corrected chi connectivity index (χ2v) is 7.26. The van der Waals surface area contributed by atoms with Crippen molar-refractivity contribution in [3.8, 4) is 0 Å². The van der Waals surface area contributed by atoms with Gasteiger partial charge in [-0.2, -0.15) is 5.10 Å². The Morgan fingerprint density at radius 2 is 2.21 bits per heavy atom. The maximum Gasteiger partial charge on any atom is 0.0738 e. The standard InChI is InChI=1S/C15H25BrN2O/c1-10(2)12-6-5-7-15(19,8-12)9-13-14(16)11(3)17-18(13)4/h10,12,19H,5-9H2,1-4H3. The summed E-state index contributed by atoms with van der Waals surface area (Å²) in [6.45, 7) is 6.52. The van der Waals surface area contributed by atoms with Crippen LogP contribution < -0.4 is 0 Å². The molecule has 0 aliphatic heterocycles. The summed E-state index contributed by atoms with van der Waals surface area (Å²) in [6.07, 6.45) is 4.92. The summed E-state index contributed by atoms with van der Waals surface area (Å²) in [5.41, 5.74) is 1.55. The number of halogens is 1. The number of rotatable bonds is 3. The number of aromatic nitrogens is 2. The van der Waals surface area contributed by atoms with Crippen LogP contribution in [0.3, 0.4) is 0 Å². The molecule has 0 bridgehead atoms. The number of aliphatic hydroxyl groups is 1. The maximum absolute atomic E-state index is 10.9. The van der Waals surface area contributed by atoms with Gasteiger partial charge in [0.1, 0.15) is 0 Å². The summed E-state index contributed by atoms with van der Waals surface area (Å²) in [4.78, 5) is 0. The average molecular weight is 329 g/mol. The molecule has 1 N–H and O–H groups in total. The summed E-state index contributed by atoms with van der Waals surface area (Å²) in [5, 5.41) is 15.4. The largest absolute Gasteiger partial charge is 0.389 e. The topological polar surface area (TPSA) is 38.0 Å². The molecule has 1 saturated carbocycles. The fraction of sp³-hybridized carbons (Fsp3) is 0.800. The van der Waals surface area contributed by atoms with Crippen molar-refractivity contribution in [3.63, 3.8) is 0 Å². The summed E-state index contributed by atoms with van der Waals surface area (Å²) < 4.78 is 2.95. The summed E-state index contributed by atoms with van der Waals surface area (Å²) in [6, 6.07) is 0. The second-order valence-electron chi connectivity index (χ2n) is 6.47. The molecule has 19 heavy (non-hydrogen) atoms. The molecule has 0 radical (unpaired) electrons. The van der Waals surface area contributed by atoms with E-state index in [2.05, 4.69) is 34.9 Å². The van der Waals surface area contributed by atoms with Gasteiger partial charge in [-0.25, -0.2) is 0 Å². The monoisotopic (exact) mass is 328 g/mol. The molecule has 2 atom stereocenters. The molecule has 1 heterocycles. The molecule has 2 rings (SSSR count). The zero-order valence-electron chi connectivity index (χ0n) is 12.4. The normalized spacial score (nSPS) is 28.1. The van der Waals surface area contributed by atoms with Crippen molar-refractivity contribution >= 4 is 15.9 Å². The van der Waals surface area contributed by atoms with E-state index >= 15 is 0 Å². The molecule has 0 spiro atoms. The van der Waals surface area contributed by atoms with Crippen molar-refractivity contribution in [1.29, 1.82) is 0 Å². The summed E-state index contributed by atoms with van der Waals surface area (Å²) in [7, 11) is 1.96. The minimum Gasteiger partial charge on any atom is -0.389 e. The number of aryl methyl sites for hydroxylation is 2. The third kappa shape index (κ3) is 3.22. The highest BCUT2D eigenvalue weighted by Gasteiger charge is 2.36. The third-order valence-corrected chi connectivity index (χ3v) is 5.59. The molecule has 0 saturated heterocycles. The minimum atomic E-state index is -0.560. The van der Waals surface area contributed by atoms with Crippen LogP contribution in [0.5, 0.6) is 0 Å². The molecule has 1 aliphatic rings. The van der Waals surface area contributed by atoms with Crippen molar-refractivity contribution in [2.24, 2.45) is 18.9 Å². The van der Waals surface area contributed by atoms with E-state index in [-0.39, 0.29) is 0 Å². The van der Waals surface area contributed by atoms with E-state index in [9.17, 15) is 5.11 Å². The van der Waals surface area contributed by atoms with Gasteiger partial charge in [-0.1, -0.05) is 20.3 Å². The van der Waals surface area contributed by atoms with Gasteiger partial charge >= 0.3 is 0 Å². The van der Waals surface area contributed by atoms with E-state index in [0.29, 0.717) is 18.3 Å². The first-order chi connectivity index (χ1) is 8.82. The molecule has 3 nitrogen and oxygen atoms in total. The lowest BCUT2D eigenvalue weighted by Gasteiger charge is -2.38. The van der Waals surface area contributed by atoms with Crippen LogP contribution in [0.1, 0.15) is 50.9 Å². The lowest BCUT2D eigenvalue weighted by Crippen LogP contribution is -2.39. The van der Waals surface area contributed by atoms with Gasteiger partial charge < -0.3 is 5.11 Å². The Hall–Kier alpha value is -0.350. The Labute approximate surface area is 124 Å². The minimum absolute atomic E-state index is 0.560. The fourth-order valence-electron chi connectivity index (χ4n) is 3.30. The van der Waals surface area contributed by atoms with Gasteiger partial charge in [0, 0.05) is 13.5 Å². The molecule has 1 aromatic heterocycles. The molecule has 108 valence electrons. The van der Waals surface area contributed by atoms with Crippen LogP contribution in [0.25, 0.3) is 0 Å². The molecule has 0 amide bonds. The summed E-state index contributed by atoms with van der Waals surface area (Å²) in [5.74, 6) is 1.30. The Kier molecular flexibility index (Phi) is 4.41. The Balaban J connectivity index is 2.16. The summed E-state index contributed by atoms with van der Waals surface area (Å²) >= 11 is 3.60. The quantitative estimate of drug-likeness (QED) is 0.920. The van der Waals surface area contributed by atoms with Crippen molar-refractivity contribution in [1.82, 2.24) is 9.78 Å². The molecular weight excluding hydrogens is 304 g/mol. The van der Waals surface area contributed by atoms with Crippen LogP contribution >= 0.6 is 15.9 Å². The van der Waals surface area contributed by atoms with Crippen LogP contribution in [0.2, 0.25) is 0 Å². The van der Waals surface area contributed by atoms with Crippen LogP contribution in [0.15, 0.2) is 4.47 Å². The van der Waals surface area contributed by atoms with E-state index in [1.807, 2.05) is 18.7 Å². The first-order valence-corrected chi connectivity index (χ1v) is 8.02. The third-order valence-electron chi connectivity index (χ3n) is 4.56. The van der Waals surface area contributed by atoms with E-state index in [1.165, 1.54) is 6.42 Å². The van der Waals surface area contributed by atoms with Crippen molar-refractivity contribution in [2.45, 2.75) is 58.5 Å². The number of hydrogen-bond donors (Lipinski definition) is 1. The first-order valence-electron chi connectivity index (χ1n) is 7.23. The Morgan fingerprint density at radius 1 is 1.53 bits per heavy atom. The van der Waals surface area contributed by atoms with Gasteiger partial charge in [0.15, 0.2) is 0 Å². The van der Waals surface area contributed by atoms with Gasteiger partial charge in [0.05, 0.1) is 21.5 Å². The van der Waals surface area contributed by atoms with Crippen LogP contribution in [-0.2, 0) is 13.5 Å². The lowest BCUT2D eigenvalue weighted by molar-refractivity contribution is -0.0253. The molecule has 1 fully saturated rings. The van der Waals surface area contributed by atoms with Crippen LogP contribution in [0.4, 0.5) is 0 Å². The van der Waals surface area contributed by atoms with E-state index in [0.717, 1.165) is 35.1 Å². The SMILES string of the molecule is Cc1nn(C)c(CC2(O)CCCC(C(C)C)C2)c1Br. The lowest BCUT2D eigenvalue weighted by atomic mass is 9.72. The van der Waals surface area contributed by atoms with Crippen molar-refractivity contribution in [2.75, 3.05) is 0 Å². The first kappa shape index (κ1) is 15.0. The predicted octanol–water partition coefficient (Wildman–Crippen LogP) is 3.61. The van der Waals surface area contributed by atoms with Crippen LogP contribution in [-0.4, -0.2) is 20.5 Å². The van der Waals surface area contributed by atoms with Gasteiger partial charge in [0.25, 0.3) is 0 Å². The predicted molar refractivity (Wildman–Crippen MR) is 81.1 cm³/mol. The van der Waals surface area contributed by atoms with E-state index < -0.39 is 5.60 Å². The Bertz CT molecular complexity index is 455. The highest BCUT2D eigenvalue weighted by atomic mass is 79.9. The molecule has 4 heteroatoms. The van der Waals surface area contributed by atoms with E-state index in [4.69, 9.17) is 0 Å². The number of hydrogen-bond acceptors (Lipinski definition) is 2. The zero-order chi connectivity index (χ0) is 14.2. The molecule has 1 aromatic rings. The molecule has 0 aromatic carbocycles. The highest BCUT2D eigenvalue weighted by molar-refractivity contribution is 9.10. The van der Waals surface area contributed by atoms with E-state index in [1.54, 1.807) is 0 Å². The van der Waals surface area contributed by atoms with Crippen molar-refractivity contribution in [3.05, 3.63) is 15.9 Å². The highest BCUT2D eigenvalue weighted by Crippen LogP contribution is 2.39. The molecular formula is C15H25BrN2O. The smallest absolute Gasteiger partial charge is 0.0738 e. The second kappa shape index (κ2) is 5.57. The number of nitrogens with zero attached hydrogens (tertiary/aromatic N) is 2. The van der Waals surface area contributed by atoms with Gasteiger partial charge in [0.2, 0.25) is 0 Å². The molecule has 2 unspecified atom stereocenters. The van der Waals surface area contributed by atoms with Crippen LogP contribution in [0, 0.1) is 18.8 Å². The average Bonchev–Trinajstić information content (AvgIpc) is 2.56. The van der Waals surface area contributed by atoms with Gasteiger partial charge in [-0.3, -0.25) is 4.68 Å². The Morgan fingerprint density at radius 3 is 2.74 bits per heavy atom. The fourth-order valence-corrected chi connectivity index (χ4v) is 3.78. The maximum atomic E-state index is 10.9. The van der Waals surface area contributed by atoms with Gasteiger partial charge in [-0.15, -0.1) is 0 Å².